The number of carbonyl (C=O) groups is 2. The number of carbonyl (C=O) groups excluding carboxylic acids is 2. The molecule has 1 spiro atoms. The van der Waals surface area contributed by atoms with E-state index in [1.165, 1.54) is 6.07 Å². The first-order chi connectivity index (χ1) is 16.7. The van der Waals surface area contributed by atoms with Crippen molar-refractivity contribution < 1.29 is 28.2 Å². The second-order valence-electron chi connectivity index (χ2n) is 13.1. The number of benzene rings is 1. The summed E-state index contributed by atoms with van der Waals surface area (Å²) in [5.41, 5.74) is 1.03. The van der Waals surface area contributed by atoms with E-state index in [2.05, 4.69) is 0 Å². The minimum Gasteiger partial charge on any atom is -0.456 e. The molecule has 3 aliphatic rings. The van der Waals surface area contributed by atoms with Gasteiger partial charge in [-0.1, -0.05) is 0 Å². The van der Waals surface area contributed by atoms with Gasteiger partial charge >= 0.3 is 12.1 Å². The van der Waals surface area contributed by atoms with Crippen LogP contribution in [0.15, 0.2) is 12.1 Å². The lowest BCUT2D eigenvalue weighted by molar-refractivity contribution is -0.0562. The topological polar surface area (TPSA) is 65.1 Å². The quantitative estimate of drug-likeness (QED) is 0.409. The van der Waals surface area contributed by atoms with Gasteiger partial charge in [0.25, 0.3) is 0 Å². The van der Waals surface area contributed by atoms with Crippen LogP contribution < -0.4 is 0 Å². The predicted octanol–water partition coefficient (Wildman–Crippen LogP) is 6.60. The van der Waals surface area contributed by atoms with Gasteiger partial charge in [-0.2, -0.15) is 0 Å². The van der Waals surface area contributed by atoms with Crippen molar-refractivity contribution in [2.45, 2.75) is 104 Å². The normalized spacial score (nSPS) is 20.2. The van der Waals surface area contributed by atoms with E-state index in [1.807, 2.05) is 25.7 Å². The number of halogens is 1. The van der Waals surface area contributed by atoms with Crippen molar-refractivity contribution in [3.05, 3.63) is 34.6 Å². The molecule has 1 heterocycles. The van der Waals surface area contributed by atoms with E-state index in [0.717, 1.165) is 62.7 Å². The third kappa shape index (κ3) is 6.78. The molecule has 7 heteroatoms. The lowest BCUT2D eigenvalue weighted by Gasteiger charge is -2.52. The van der Waals surface area contributed by atoms with E-state index in [1.54, 1.807) is 26.8 Å². The average molecular weight is 504 g/mol. The first kappa shape index (κ1) is 26.9. The van der Waals surface area contributed by atoms with Gasteiger partial charge in [-0.3, -0.25) is 0 Å². The molecule has 0 radical (unpaired) electrons. The Kier molecular flexibility index (Phi) is 7.44. The minimum absolute atomic E-state index is 0.00855. The highest BCUT2D eigenvalue weighted by Crippen LogP contribution is 2.52. The van der Waals surface area contributed by atoms with Crippen LogP contribution in [-0.2, 0) is 20.8 Å². The Hall–Kier alpha value is -2.15. The van der Waals surface area contributed by atoms with Gasteiger partial charge < -0.3 is 19.1 Å². The van der Waals surface area contributed by atoms with Crippen LogP contribution in [-0.4, -0.2) is 47.9 Å². The van der Waals surface area contributed by atoms with Gasteiger partial charge in [-0.05, 0) is 121 Å². The summed E-state index contributed by atoms with van der Waals surface area (Å²) in [4.78, 5) is 26.6. The summed E-state index contributed by atoms with van der Waals surface area (Å²) in [5.74, 6) is -0.306. The molecule has 1 aromatic carbocycles. The van der Waals surface area contributed by atoms with Gasteiger partial charge in [0.2, 0.25) is 0 Å². The number of rotatable bonds is 6. The van der Waals surface area contributed by atoms with Crippen LogP contribution >= 0.6 is 0 Å². The van der Waals surface area contributed by atoms with Crippen LogP contribution in [0.3, 0.4) is 0 Å². The molecule has 1 aromatic rings. The van der Waals surface area contributed by atoms with Crippen molar-refractivity contribution in [2.75, 3.05) is 19.7 Å². The van der Waals surface area contributed by atoms with Crippen LogP contribution in [0.1, 0.15) is 107 Å². The van der Waals surface area contributed by atoms with Crippen LogP contribution in [0, 0.1) is 17.2 Å². The number of likely N-dealkylation sites (tertiary alicyclic amines) is 1. The monoisotopic (exact) mass is 503 g/mol. The highest BCUT2D eigenvalue weighted by atomic mass is 19.1. The second kappa shape index (κ2) is 9.96. The van der Waals surface area contributed by atoms with Gasteiger partial charge in [0.15, 0.2) is 0 Å². The van der Waals surface area contributed by atoms with Gasteiger partial charge in [-0.15, -0.1) is 0 Å². The summed E-state index contributed by atoms with van der Waals surface area (Å²) in [6, 6.07) is 3.14. The third-order valence-electron chi connectivity index (χ3n) is 7.40. The number of hydrogen-bond acceptors (Lipinski definition) is 5. The molecule has 1 aliphatic heterocycles. The molecule has 0 atom stereocenters. The number of esters is 1. The number of ether oxygens (including phenoxy) is 3. The number of nitrogens with zero attached hydrogens (tertiary/aromatic N) is 1. The van der Waals surface area contributed by atoms with Crippen LogP contribution in [0.5, 0.6) is 0 Å². The predicted molar refractivity (Wildman–Crippen MR) is 135 cm³/mol. The molecular formula is C29H42FNO5. The van der Waals surface area contributed by atoms with E-state index in [4.69, 9.17) is 14.2 Å². The molecule has 3 fully saturated rings. The molecule has 2 saturated carbocycles. The molecule has 2 aliphatic carbocycles. The summed E-state index contributed by atoms with van der Waals surface area (Å²) < 4.78 is 31.8. The highest BCUT2D eigenvalue weighted by Gasteiger charge is 2.46. The number of hydrogen-bond donors (Lipinski definition) is 0. The molecule has 4 rings (SSSR count). The summed E-state index contributed by atoms with van der Waals surface area (Å²) in [7, 11) is 0. The fourth-order valence-corrected chi connectivity index (χ4v) is 5.54. The smallest absolute Gasteiger partial charge is 0.410 e. The molecular weight excluding hydrogens is 461 g/mol. The van der Waals surface area contributed by atoms with Crippen LogP contribution in [0.25, 0.3) is 0 Å². The maximum absolute atomic E-state index is 14.8. The van der Waals surface area contributed by atoms with Crippen molar-refractivity contribution in [3.8, 4) is 0 Å². The molecule has 1 saturated heterocycles. The van der Waals surface area contributed by atoms with Crippen LogP contribution in [0.2, 0.25) is 0 Å². The SMILES string of the molecule is CC(C)(C)OC(=O)c1cc(C2CC2)c(COCC2CC3(CCN(C(=O)OC(C)(C)C)CC3)C2)cc1F. The molecule has 0 bridgehead atoms. The zero-order valence-corrected chi connectivity index (χ0v) is 22.7. The van der Waals surface area contributed by atoms with Gasteiger partial charge in [-0.25, -0.2) is 14.0 Å². The molecule has 0 unspecified atom stereocenters. The van der Waals surface area contributed by atoms with E-state index < -0.39 is 23.0 Å². The summed E-state index contributed by atoms with van der Waals surface area (Å²) >= 11 is 0. The van der Waals surface area contributed by atoms with E-state index >= 15 is 0 Å². The Balaban J connectivity index is 1.26. The molecule has 200 valence electrons. The molecule has 1 amide bonds. The first-order valence-electron chi connectivity index (χ1n) is 13.3. The minimum atomic E-state index is -0.669. The molecule has 0 aromatic heterocycles. The lowest BCUT2D eigenvalue weighted by atomic mass is 9.58. The van der Waals surface area contributed by atoms with Crippen molar-refractivity contribution >= 4 is 12.1 Å². The van der Waals surface area contributed by atoms with E-state index in [0.29, 0.717) is 30.5 Å². The maximum Gasteiger partial charge on any atom is 0.410 e. The Bertz CT molecular complexity index is 973. The largest absolute Gasteiger partial charge is 0.456 e. The van der Waals surface area contributed by atoms with E-state index in [9.17, 15) is 14.0 Å². The van der Waals surface area contributed by atoms with Crippen molar-refractivity contribution in [3.63, 3.8) is 0 Å². The summed E-state index contributed by atoms with van der Waals surface area (Å²) in [6.07, 6.45) is 6.12. The summed E-state index contributed by atoms with van der Waals surface area (Å²) in [5, 5.41) is 0. The average Bonchev–Trinajstić information content (AvgIpc) is 3.55. The Labute approximate surface area is 214 Å². The molecule has 6 nitrogen and oxygen atoms in total. The third-order valence-corrected chi connectivity index (χ3v) is 7.40. The molecule has 36 heavy (non-hydrogen) atoms. The Morgan fingerprint density at radius 2 is 1.61 bits per heavy atom. The lowest BCUT2D eigenvalue weighted by Crippen LogP contribution is -2.50. The number of amides is 1. The van der Waals surface area contributed by atoms with E-state index in [-0.39, 0.29) is 11.7 Å². The fourth-order valence-electron chi connectivity index (χ4n) is 5.54. The first-order valence-corrected chi connectivity index (χ1v) is 13.3. The van der Waals surface area contributed by atoms with Crippen molar-refractivity contribution in [2.24, 2.45) is 11.3 Å². The van der Waals surface area contributed by atoms with Gasteiger partial charge in [0, 0.05) is 19.7 Å². The Morgan fingerprint density at radius 3 is 2.17 bits per heavy atom. The zero-order valence-electron chi connectivity index (χ0n) is 22.7. The molecule has 0 N–H and O–H groups in total. The Morgan fingerprint density at radius 1 is 1.00 bits per heavy atom. The number of piperidine rings is 1. The van der Waals surface area contributed by atoms with Crippen molar-refractivity contribution in [1.82, 2.24) is 4.90 Å². The highest BCUT2D eigenvalue weighted by molar-refractivity contribution is 5.90. The summed E-state index contributed by atoms with van der Waals surface area (Å²) in [6.45, 7) is 13.5. The van der Waals surface area contributed by atoms with Gasteiger partial charge in [0.1, 0.15) is 17.0 Å². The maximum atomic E-state index is 14.8. The van der Waals surface area contributed by atoms with Gasteiger partial charge in [0.05, 0.1) is 12.2 Å². The fraction of sp³-hybridized carbons (Fsp3) is 0.724. The zero-order chi connectivity index (χ0) is 26.3. The van der Waals surface area contributed by atoms with Crippen molar-refractivity contribution in [1.29, 1.82) is 0 Å². The standard InChI is InChI=1S/C29H42FNO5/c1-27(2,3)35-25(32)23-14-22(20-7-8-20)21(13-24(23)30)18-34-17-19-15-29(16-19)9-11-31(12-10-29)26(33)36-28(4,5)6/h13-14,19-20H,7-12,15-18H2,1-6H3. The second-order valence-corrected chi connectivity index (χ2v) is 13.1. The van der Waals surface area contributed by atoms with Crippen LogP contribution in [0.4, 0.5) is 9.18 Å².